The Kier molecular flexibility index (Phi) is 2.63. The van der Waals surface area contributed by atoms with E-state index < -0.39 is 0 Å². The van der Waals surface area contributed by atoms with Gasteiger partial charge in [-0.3, -0.25) is 4.90 Å². The van der Waals surface area contributed by atoms with Gasteiger partial charge in [0, 0.05) is 26.4 Å². The first-order valence-electron chi connectivity index (χ1n) is 4.87. The Morgan fingerprint density at radius 3 is 2.83 bits per heavy atom. The first-order chi connectivity index (χ1) is 5.90. The summed E-state index contributed by atoms with van der Waals surface area (Å²) in [6.07, 6.45) is 4.31. The highest BCUT2D eigenvalue weighted by Crippen LogP contribution is 2.27. The molecule has 1 saturated carbocycles. The van der Waals surface area contributed by atoms with E-state index in [1.807, 2.05) is 7.11 Å². The zero-order chi connectivity index (χ0) is 8.39. The van der Waals surface area contributed by atoms with Crippen molar-refractivity contribution in [3.63, 3.8) is 0 Å². The molecule has 0 amide bonds. The topological polar surface area (TPSA) is 24.5 Å². The van der Waals surface area contributed by atoms with Crippen molar-refractivity contribution in [2.45, 2.75) is 31.4 Å². The molecule has 12 heavy (non-hydrogen) atoms. The van der Waals surface area contributed by atoms with Crippen LogP contribution < -0.4 is 5.32 Å². The second-order valence-corrected chi connectivity index (χ2v) is 3.81. The predicted molar refractivity (Wildman–Crippen MR) is 48.0 cm³/mol. The highest BCUT2D eigenvalue weighted by atomic mass is 16.5. The van der Waals surface area contributed by atoms with Crippen LogP contribution >= 0.6 is 0 Å². The van der Waals surface area contributed by atoms with Crippen LogP contribution in [-0.4, -0.2) is 43.9 Å². The van der Waals surface area contributed by atoms with Crippen LogP contribution in [0.25, 0.3) is 0 Å². The van der Waals surface area contributed by atoms with Gasteiger partial charge in [0.25, 0.3) is 0 Å². The molecule has 1 heterocycles. The fourth-order valence-corrected chi connectivity index (χ4v) is 2.05. The molecule has 0 aromatic heterocycles. The SMILES string of the molecule is COC1CC(N2CCCNC2)C1. The number of methoxy groups -OCH3 is 1. The lowest BCUT2D eigenvalue weighted by Gasteiger charge is -2.43. The minimum Gasteiger partial charge on any atom is -0.381 e. The van der Waals surface area contributed by atoms with Gasteiger partial charge in [-0.25, -0.2) is 0 Å². The molecule has 3 nitrogen and oxygen atoms in total. The molecule has 2 aliphatic rings. The molecule has 1 aliphatic heterocycles. The van der Waals surface area contributed by atoms with Crippen molar-refractivity contribution in [3.8, 4) is 0 Å². The Balaban J connectivity index is 1.72. The summed E-state index contributed by atoms with van der Waals surface area (Å²) in [6.45, 7) is 3.55. The summed E-state index contributed by atoms with van der Waals surface area (Å²) in [7, 11) is 1.81. The van der Waals surface area contributed by atoms with Gasteiger partial charge in [-0.15, -0.1) is 0 Å². The van der Waals surface area contributed by atoms with E-state index in [9.17, 15) is 0 Å². The molecule has 70 valence electrons. The van der Waals surface area contributed by atoms with E-state index in [4.69, 9.17) is 4.74 Å². The molecule has 1 saturated heterocycles. The van der Waals surface area contributed by atoms with E-state index in [1.165, 1.54) is 32.4 Å². The van der Waals surface area contributed by atoms with Crippen molar-refractivity contribution in [1.82, 2.24) is 10.2 Å². The van der Waals surface area contributed by atoms with Gasteiger partial charge in [0.05, 0.1) is 6.10 Å². The maximum absolute atomic E-state index is 5.26. The largest absolute Gasteiger partial charge is 0.381 e. The molecular weight excluding hydrogens is 152 g/mol. The third-order valence-electron chi connectivity index (χ3n) is 3.03. The lowest BCUT2D eigenvalue weighted by Crippen LogP contribution is -2.53. The first kappa shape index (κ1) is 8.48. The van der Waals surface area contributed by atoms with Gasteiger partial charge < -0.3 is 10.1 Å². The molecule has 3 heteroatoms. The van der Waals surface area contributed by atoms with Gasteiger partial charge in [-0.05, 0) is 25.8 Å². The summed E-state index contributed by atoms with van der Waals surface area (Å²) in [5.41, 5.74) is 0. The van der Waals surface area contributed by atoms with Crippen LogP contribution in [-0.2, 0) is 4.74 Å². The zero-order valence-electron chi connectivity index (χ0n) is 7.75. The second-order valence-electron chi connectivity index (χ2n) is 3.81. The minimum atomic E-state index is 0.539. The van der Waals surface area contributed by atoms with Gasteiger partial charge >= 0.3 is 0 Å². The van der Waals surface area contributed by atoms with Gasteiger partial charge in [0.15, 0.2) is 0 Å². The standard InChI is InChI=1S/C9H18N2O/c1-12-9-5-8(6-9)11-4-2-3-10-7-11/h8-10H,2-7H2,1H3. The normalized spacial score (nSPS) is 37.8. The van der Waals surface area contributed by atoms with Crippen LogP contribution in [0.3, 0.4) is 0 Å². The Hall–Kier alpha value is -0.120. The van der Waals surface area contributed by atoms with E-state index in [-0.39, 0.29) is 0 Å². The minimum absolute atomic E-state index is 0.539. The average molecular weight is 170 g/mol. The van der Waals surface area contributed by atoms with Crippen molar-refractivity contribution in [3.05, 3.63) is 0 Å². The quantitative estimate of drug-likeness (QED) is 0.650. The molecule has 0 atom stereocenters. The predicted octanol–water partition coefficient (Wildman–Crippen LogP) is 0.417. The summed E-state index contributed by atoms with van der Waals surface area (Å²) < 4.78 is 5.26. The summed E-state index contributed by atoms with van der Waals surface area (Å²) in [6, 6.07) is 0.794. The summed E-state index contributed by atoms with van der Waals surface area (Å²) >= 11 is 0. The molecule has 1 N–H and O–H groups in total. The first-order valence-corrected chi connectivity index (χ1v) is 4.87. The van der Waals surface area contributed by atoms with Gasteiger partial charge in [0.2, 0.25) is 0 Å². The molecule has 0 aromatic rings. The van der Waals surface area contributed by atoms with Crippen molar-refractivity contribution in [1.29, 1.82) is 0 Å². The molecular formula is C9H18N2O. The average Bonchev–Trinajstić information content (AvgIpc) is 2.04. The van der Waals surface area contributed by atoms with Crippen molar-refractivity contribution >= 4 is 0 Å². The van der Waals surface area contributed by atoms with Crippen LogP contribution in [0.5, 0.6) is 0 Å². The van der Waals surface area contributed by atoms with Crippen LogP contribution in [0, 0.1) is 0 Å². The van der Waals surface area contributed by atoms with Crippen molar-refractivity contribution in [2.24, 2.45) is 0 Å². The van der Waals surface area contributed by atoms with E-state index in [0.717, 1.165) is 12.7 Å². The molecule has 0 aromatic carbocycles. The molecule has 0 unspecified atom stereocenters. The molecule has 0 bridgehead atoms. The molecule has 2 fully saturated rings. The number of hydrogen-bond donors (Lipinski definition) is 1. The van der Waals surface area contributed by atoms with Crippen LogP contribution in [0.4, 0.5) is 0 Å². The number of hydrogen-bond acceptors (Lipinski definition) is 3. The summed E-state index contributed by atoms with van der Waals surface area (Å²) in [5.74, 6) is 0. The monoisotopic (exact) mass is 170 g/mol. The van der Waals surface area contributed by atoms with Gasteiger partial charge in [-0.1, -0.05) is 0 Å². The third kappa shape index (κ3) is 1.63. The molecule has 2 rings (SSSR count). The smallest absolute Gasteiger partial charge is 0.0601 e. The van der Waals surface area contributed by atoms with E-state index in [0.29, 0.717) is 6.10 Å². The highest BCUT2D eigenvalue weighted by molar-refractivity contribution is 4.88. The summed E-state index contributed by atoms with van der Waals surface area (Å²) in [4.78, 5) is 2.54. The van der Waals surface area contributed by atoms with Crippen LogP contribution in [0.1, 0.15) is 19.3 Å². The maximum atomic E-state index is 5.26. The fourth-order valence-electron chi connectivity index (χ4n) is 2.05. The Labute approximate surface area is 74.1 Å². The van der Waals surface area contributed by atoms with Crippen molar-refractivity contribution in [2.75, 3.05) is 26.9 Å². The second kappa shape index (κ2) is 3.73. The fraction of sp³-hybridized carbons (Fsp3) is 1.00. The summed E-state index contributed by atoms with van der Waals surface area (Å²) in [5, 5.41) is 3.40. The lowest BCUT2D eigenvalue weighted by atomic mass is 9.87. The van der Waals surface area contributed by atoms with Crippen LogP contribution in [0.2, 0.25) is 0 Å². The molecule has 0 spiro atoms. The van der Waals surface area contributed by atoms with E-state index >= 15 is 0 Å². The number of nitrogens with zero attached hydrogens (tertiary/aromatic N) is 1. The van der Waals surface area contributed by atoms with E-state index in [2.05, 4.69) is 10.2 Å². The number of ether oxygens (including phenoxy) is 1. The van der Waals surface area contributed by atoms with Gasteiger partial charge in [0.1, 0.15) is 0 Å². The molecule has 0 radical (unpaired) electrons. The highest BCUT2D eigenvalue weighted by Gasteiger charge is 2.33. The van der Waals surface area contributed by atoms with Crippen LogP contribution in [0.15, 0.2) is 0 Å². The Bertz CT molecular complexity index is 139. The Morgan fingerprint density at radius 1 is 1.42 bits per heavy atom. The maximum Gasteiger partial charge on any atom is 0.0601 e. The van der Waals surface area contributed by atoms with E-state index in [1.54, 1.807) is 0 Å². The number of rotatable bonds is 2. The Morgan fingerprint density at radius 2 is 2.25 bits per heavy atom. The third-order valence-corrected chi connectivity index (χ3v) is 3.03. The van der Waals surface area contributed by atoms with Crippen molar-refractivity contribution < 1.29 is 4.74 Å². The zero-order valence-corrected chi connectivity index (χ0v) is 7.75. The number of nitrogens with one attached hydrogen (secondary N) is 1. The lowest BCUT2D eigenvalue weighted by molar-refractivity contribution is -0.0340. The van der Waals surface area contributed by atoms with Gasteiger partial charge in [-0.2, -0.15) is 0 Å². The molecule has 1 aliphatic carbocycles.